The lowest BCUT2D eigenvalue weighted by Gasteiger charge is -2.28. The van der Waals surface area contributed by atoms with Crippen molar-refractivity contribution in [1.29, 1.82) is 0 Å². The van der Waals surface area contributed by atoms with Gasteiger partial charge in [0.25, 0.3) is 7.82 Å². The molecule has 0 heterocycles. The topological polar surface area (TPSA) is 94.1 Å². The summed E-state index contributed by atoms with van der Waals surface area (Å²) in [6, 6.07) is 0. The summed E-state index contributed by atoms with van der Waals surface area (Å²) in [5, 5.41) is 0. The van der Waals surface area contributed by atoms with E-state index in [4.69, 9.17) is 18.5 Å². The van der Waals surface area contributed by atoms with Crippen LogP contribution in [0.3, 0.4) is 0 Å². The van der Waals surface area contributed by atoms with Crippen molar-refractivity contribution in [3.05, 3.63) is 12.2 Å². The number of carbonyl (C=O) groups is 1. The first-order valence-corrected chi connectivity index (χ1v) is 23.4. The van der Waals surface area contributed by atoms with E-state index in [1.54, 1.807) is 0 Å². The molecular weight excluding hydrogens is 673 g/mol. The molecule has 2 unspecified atom stereocenters. The van der Waals surface area contributed by atoms with Gasteiger partial charge in [-0.2, -0.15) is 0 Å². The molecule has 0 fully saturated rings. The number of allylic oxidation sites excluding steroid dienone is 2. The zero-order chi connectivity index (χ0) is 38.4. The van der Waals surface area contributed by atoms with Gasteiger partial charge in [-0.1, -0.05) is 167 Å². The first kappa shape index (κ1) is 51.2. The predicted octanol–water partition coefficient (Wildman–Crippen LogP) is 12.0. The number of nitrogens with zero attached hydrogens (tertiary/aromatic N) is 1. The minimum atomic E-state index is -4.50. The van der Waals surface area contributed by atoms with Crippen molar-refractivity contribution in [1.82, 2.24) is 0 Å². The molecule has 0 aromatic carbocycles. The smallest absolute Gasteiger partial charge is 0.306 e. The van der Waals surface area contributed by atoms with Gasteiger partial charge >= 0.3 is 5.97 Å². The van der Waals surface area contributed by atoms with Crippen molar-refractivity contribution < 1.29 is 37.3 Å². The van der Waals surface area contributed by atoms with E-state index < -0.39 is 13.9 Å². The summed E-state index contributed by atoms with van der Waals surface area (Å²) in [5.74, 6) is -0.349. The lowest BCUT2D eigenvalue weighted by molar-refractivity contribution is -0.870. The van der Waals surface area contributed by atoms with E-state index in [1.165, 1.54) is 141 Å². The summed E-state index contributed by atoms with van der Waals surface area (Å²) in [7, 11) is 1.36. The van der Waals surface area contributed by atoms with E-state index in [9.17, 15) is 14.3 Å². The van der Waals surface area contributed by atoms with Crippen LogP contribution in [0.5, 0.6) is 0 Å². The molecule has 0 N–H and O–H groups in total. The van der Waals surface area contributed by atoms with Gasteiger partial charge in [0.1, 0.15) is 19.3 Å². The maximum Gasteiger partial charge on any atom is 0.306 e. The fourth-order valence-corrected chi connectivity index (χ4v) is 6.86. The molecule has 52 heavy (non-hydrogen) atoms. The van der Waals surface area contributed by atoms with Crippen LogP contribution in [0.2, 0.25) is 0 Å². The van der Waals surface area contributed by atoms with Crippen molar-refractivity contribution in [2.45, 2.75) is 206 Å². The van der Waals surface area contributed by atoms with Gasteiger partial charge < -0.3 is 27.9 Å². The SMILES string of the molecule is CCCCCCCCCC/C=C\CCCCCCCCCCCCCCCCOCC(COP(=O)([O-])OCC[N+](C)(C)C)OC(=O)CCCCCC. The Morgan fingerprint density at radius 1 is 0.577 bits per heavy atom. The molecule has 0 aromatic rings. The minimum absolute atomic E-state index is 0.0285. The van der Waals surface area contributed by atoms with Gasteiger partial charge in [-0.05, 0) is 38.5 Å². The number of carbonyl (C=O) groups excluding carboxylic acids is 1. The van der Waals surface area contributed by atoms with Gasteiger partial charge in [-0.15, -0.1) is 0 Å². The van der Waals surface area contributed by atoms with Gasteiger partial charge in [-0.25, -0.2) is 0 Å². The van der Waals surface area contributed by atoms with Gasteiger partial charge in [-0.3, -0.25) is 9.36 Å². The molecular formula is C43H86NO7P. The zero-order valence-electron chi connectivity index (χ0n) is 35.0. The minimum Gasteiger partial charge on any atom is -0.756 e. The summed E-state index contributed by atoms with van der Waals surface area (Å²) in [4.78, 5) is 24.6. The van der Waals surface area contributed by atoms with Crippen molar-refractivity contribution in [3.63, 3.8) is 0 Å². The van der Waals surface area contributed by atoms with E-state index >= 15 is 0 Å². The third kappa shape index (κ3) is 40.4. The Bertz CT molecular complexity index is 848. The molecule has 0 amide bonds. The highest BCUT2D eigenvalue weighted by molar-refractivity contribution is 7.45. The average molecular weight is 760 g/mol. The predicted molar refractivity (Wildman–Crippen MR) is 217 cm³/mol. The average Bonchev–Trinajstić information content (AvgIpc) is 3.09. The number of hydrogen-bond donors (Lipinski definition) is 0. The van der Waals surface area contributed by atoms with Crippen molar-refractivity contribution in [3.8, 4) is 0 Å². The number of likely N-dealkylation sites (N-methyl/N-ethyl adjacent to an activating group) is 1. The highest BCUT2D eigenvalue weighted by Crippen LogP contribution is 2.38. The van der Waals surface area contributed by atoms with Crippen LogP contribution in [0.4, 0.5) is 0 Å². The molecule has 0 radical (unpaired) electrons. The normalized spacial score (nSPS) is 13.9. The lowest BCUT2D eigenvalue weighted by atomic mass is 10.0. The molecule has 0 aliphatic rings. The summed E-state index contributed by atoms with van der Waals surface area (Å²) in [6.45, 7) is 5.31. The molecule has 2 atom stereocenters. The Morgan fingerprint density at radius 2 is 1.00 bits per heavy atom. The third-order valence-electron chi connectivity index (χ3n) is 9.57. The van der Waals surface area contributed by atoms with E-state index in [0.717, 1.165) is 38.5 Å². The second-order valence-electron chi connectivity index (χ2n) is 16.1. The standard InChI is InChI=1S/C43H86NO7P/c1-6-8-10-12-13-14-15-16-17-18-19-20-21-22-23-24-25-26-27-28-29-30-31-32-33-35-38-48-40-42(51-43(45)36-34-11-9-7-2)41-50-52(46,47)49-39-37-44(3,4)5/h18-19,42H,6-17,20-41H2,1-5H3/b19-18-. The van der Waals surface area contributed by atoms with Crippen LogP contribution in [0, 0.1) is 0 Å². The van der Waals surface area contributed by atoms with Crippen LogP contribution in [-0.4, -0.2) is 70.7 Å². The zero-order valence-corrected chi connectivity index (χ0v) is 35.9. The monoisotopic (exact) mass is 760 g/mol. The van der Waals surface area contributed by atoms with Crippen molar-refractivity contribution >= 4 is 13.8 Å². The Morgan fingerprint density at radius 3 is 1.46 bits per heavy atom. The maximum atomic E-state index is 12.4. The molecule has 0 saturated heterocycles. The number of hydrogen-bond acceptors (Lipinski definition) is 7. The molecule has 310 valence electrons. The van der Waals surface area contributed by atoms with E-state index in [2.05, 4.69) is 26.0 Å². The van der Waals surface area contributed by atoms with Gasteiger partial charge in [0.15, 0.2) is 0 Å². The van der Waals surface area contributed by atoms with Crippen molar-refractivity contribution in [2.24, 2.45) is 0 Å². The van der Waals surface area contributed by atoms with Gasteiger partial charge in [0.2, 0.25) is 0 Å². The Balaban J connectivity index is 3.80. The number of ether oxygens (including phenoxy) is 2. The van der Waals surface area contributed by atoms with Crippen LogP contribution in [0.25, 0.3) is 0 Å². The molecule has 0 bridgehead atoms. The van der Waals surface area contributed by atoms with Crippen molar-refractivity contribution in [2.75, 3.05) is 54.1 Å². The van der Waals surface area contributed by atoms with Crippen LogP contribution in [0.1, 0.15) is 200 Å². The van der Waals surface area contributed by atoms with E-state index in [-0.39, 0.29) is 25.8 Å². The molecule has 0 spiro atoms. The Labute approximate surface area is 322 Å². The maximum absolute atomic E-state index is 12.4. The van der Waals surface area contributed by atoms with Crippen LogP contribution < -0.4 is 4.89 Å². The third-order valence-corrected chi connectivity index (χ3v) is 10.5. The highest BCUT2D eigenvalue weighted by Gasteiger charge is 2.20. The van der Waals surface area contributed by atoms with Crippen LogP contribution in [-0.2, 0) is 27.9 Å². The quantitative estimate of drug-likeness (QED) is 0.0201. The number of quaternary nitrogens is 1. The number of rotatable bonds is 41. The Kier molecular flexibility index (Phi) is 36.6. The second-order valence-corrected chi connectivity index (χ2v) is 17.5. The fraction of sp³-hybridized carbons (Fsp3) is 0.930. The van der Waals surface area contributed by atoms with Crippen LogP contribution >= 0.6 is 7.82 Å². The second kappa shape index (κ2) is 37.2. The summed E-state index contributed by atoms with van der Waals surface area (Å²) in [5.41, 5.74) is 0. The summed E-state index contributed by atoms with van der Waals surface area (Å²) >= 11 is 0. The molecule has 0 aromatic heterocycles. The van der Waals surface area contributed by atoms with Crippen LogP contribution in [0.15, 0.2) is 12.2 Å². The number of phosphoric acid groups is 1. The van der Waals surface area contributed by atoms with E-state index in [1.807, 2.05) is 21.1 Å². The molecule has 0 saturated carbocycles. The first-order chi connectivity index (χ1) is 25.1. The summed E-state index contributed by atoms with van der Waals surface area (Å²) in [6.07, 6.45) is 40.2. The largest absolute Gasteiger partial charge is 0.756 e. The molecule has 0 rings (SSSR count). The number of unbranched alkanes of at least 4 members (excludes halogenated alkanes) is 25. The van der Waals surface area contributed by atoms with E-state index in [0.29, 0.717) is 24.1 Å². The lowest BCUT2D eigenvalue weighted by Crippen LogP contribution is -2.37. The fourth-order valence-electron chi connectivity index (χ4n) is 6.13. The number of phosphoric ester groups is 1. The van der Waals surface area contributed by atoms with Gasteiger partial charge in [0, 0.05) is 13.0 Å². The number of esters is 1. The summed E-state index contributed by atoms with van der Waals surface area (Å²) < 4.78 is 34.2. The molecule has 0 aliphatic carbocycles. The first-order valence-electron chi connectivity index (χ1n) is 21.9. The highest BCUT2D eigenvalue weighted by atomic mass is 31.2. The molecule has 8 nitrogen and oxygen atoms in total. The molecule has 0 aliphatic heterocycles. The van der Waals surface area contributed by atoms with Gasteiger partial charge in [0.05, 0.1) is 34.4 Å². The molecule has 9 heteroatoms. The Hall–Kier alpha value is -0.760.